The van der Waals surface area contributed by atoms with Crippen LogP contribution in [0.4, 0.5) is 0 Å². The van der Waals surface area contributed by atoms with E-state index >= 15 is 0 Å². The van der Waals surface area contributed by atoms with E-state index in [-0.39, 0.29) is 11.8 Å². The Kier molecular flexibility index (Phi) is 3.38. The molecular formula is C16H20N2O. The zero-order valence-corrected chi connectivity index (χ0v) is 11.0. The number of hydrogen-bond donors (Lipinski definition) is 2. The molecule has 0 spiro atoms. The Bertz CT molecular complexity index is 492. The fourth-order valence-electron chi connectivity index (χ4n) is 3.20. The van der Waals surface area contributed by atoms with Crippen LogP contribution in [0.25, 0.3) is 0 Å². The number of nitrogens with two attached hydrogens (primary N) is 1. The molecule has 0 heterocycles. The Morgan fingerprint density at radius 3 is 2.47 bits per heavy atom. The average Bonchev–Trinajstić information content (AvgIpc) is 3.08. The zero-order valence-electron chi connectivity index (χ0n) is 11.0. The zero-order chi connectivity index (χ0) is 13.2. The Morgan fingerprint density at radius 1 is 1.16 bits per heavy atom. The molecule has 19 heavy (non-hydrogen) atoms. The van der Waals surface area contributed by atoms with Crippen molar-refractivity contribution in [3.63, 3.8) is 0 Å². The van der Waals surface area contributed by atoms with Crippen LogP contribution in [0.3, 0.4) is 0 Å². The highest BCUT2D eigenvalue weighted by Crippen LogP contribution is 2.43. The van der Waals surface area contributed by atoms with Crippen molar-refractivity contribution >= 4 is 5.91 Å². The first-order valence-electron chi connectivity index (χ1n) is 7.00. The SMILES string of the molecule is NCc1ccc(CNC(=O)C2CC3C=CC2C3)cc1. The lowest BCUT2D eigenvalue weighted by Gasteiger charge is -2.17. The molecule has 0 aromatic heterocycles. The Morgan fingerprint density at radius 2 is 1.89 bits per heavy atom. The molecular weight excluding hydrogens is 236 g/mol. The number of allylic oxidation sites excluding steroid dienone is 2. The highest BCUT2D eigenvalue weighted by Gasteiger charge is 2.39. The summed E-state index contributed by atoms with van der Waals surface area (Å²) in [6.07, 6.45) is 6.68. The van der Waals surface area contributed by atoms with E-state index in [1.54, 1.807) is 0 Å². The molecule has 100 valence electrons. The topological polar surface area (TPSA) is 55.1 Å². The molecule has 0 aliphatic heterocycles. The van der Waals surface area contributed by atoms with Gasteiger partial charge in [0.25, 0.3) is 0 Å². The fourth-order valence-corrected chi connectivity index (χ4v) is 3.20. The van der Waals surface area contributed by atoms with Crippen LogP contribution in [0, 0.1) is 17.8 Å². The van der Waals surface area contributed by atoms with Crippen molar-refractivity contribution in [2.75, 3.05) is 0 Å². The number of carbonyl (C=O) groups is 1. The van der Waals surface area contributed by atoms with E-state index in [1.807, 2.05) is 24.3 Å². The second kappa shape index (κ2) is 5.17. The molecule has 1 aromatic rings. The summed E-state index contributed by atoms with van der Waals surface area (Å²) in [5.41, 5.74) is 7.81. The van der Waals surface area contributed by atoms with Crippen LogP contribution in [0.2, 0.25) is 0 Å². The maximum Gasteiger partial charge on any atom is 0.223 e. The highest BCUT2D eigenvalue weighted by atomic mass is 16.1. The highest BCUT2D eigenvalue weighted by molar-refractivity contribution is 5.79. The number of nitrogens with one attached hydrogen (secondary N) is 1. The van der Waals surface area contributed by atoms with Gasteiger partial charge in [0.15, 0.2) is 0 Å². The minimum atomic E-state index is 0.193. The number of benzene rings is 1. The van der Waals surface area contributed by atoms with Crippen molar-refractivity contribution in [2.24, 2.45) is 23.5 Å². The normalized spacial score (nSPS) is 27.7. The van der Waals surface area contributed by atoms with Gasteiger partial charge in [-0.2, -0.15) is 0 Å². The smallest absolute Gasteiger partial charge is 0.223 e. The second-order valence-corrected chi connectivity index (χ2v) is 5.63. The first-order valence-corrected chi connectivity index (χ1v) is 7.00. The van der Waals surface area contributed by atoms with Crippen molar-refractivity contribution in [3.8, 4) is 0 Å². The van der Waals surface area contributed by atoms with E-state index in [4.69, 9.17) is 5.73 Å². The van der Waals surface area contributed by atoms with Gasteiger partial charge < -0.3 is 11.1 Å². The van der Waals surface area contributed by atoms with Crippen LogP contribution in [0.15, 0.2) is 36.4 Å². The molecule has 1 fully saturated rings. The van der Waals surface area contributed by atoms with E-state index < -0.39 is 0 Å². The summed E-state index contributed by atoms with van der Waals surface area (Å²) in [6.45, 7) is 1.17. The minimum absolute atomic E-state index is 0.193. The predicted octanol–water partition coefficient (Wildman–Crippen LogP) is 1.97. The molecule has 3 heteroatoms. The first kappa shape index (κ1) is 12.4. The number of fused-ring (bicyclic) bond motifs is 2. The third kappa shape index (κ3) is 2.56. The van der Waals surface area contributed by atoms with Crippen LogP contribution in [-0.2, 0) is 17.9 Å². The molecule has 3 N–H and O–H groups in total. The standard InChI is InChI=1S/C16H20N2O/c17-9-11-1-3-12(4-2-11)10-18-16(19)15-8-13-5-6-14(15)7-13/h1-6,13-15H,7-10,17H2,(H,18,19). The summed E-state index contributed by atoms with van der Waals surface area (Å²) in [6, 6.07) is 8.09. The van der Waals surface area contributed by atoms with Gasteiger partial charge in [-0.1, -0.05) is 36.4 Å². The van der Waals surface area contributed by atoms with Crippen LogP contribution in [0.1, 0.15) is 24.0 Å². The summed E-state index contributed by atoms with van der Waals surface area (Å²) in [5.74, 6) is 1.52. The molecule has 1 aromatic carbocycles. The van der Waals surface area contributed by atoms with Crippen molar-refractivity contribution in [3.05, 3.63) is 47.5 Å². The Balaban J connectivity index is 1.54. The van der Waals surface area contributed by atoms with Crippen LogP contribution in [-0.4, -0.2) is 5.91 Å². The quantitative estimate of drug-likeness (QED) is 0.809. The van der Waals surface area contributed by atoms with E-state index in [2.05, 4.69) is 17.5 Å². The van der Waals surface area contributed by atoms with E-state index in [1.165, 1.54) is 6.42 Å². The molecule has 3 rings (SSSR count). The van der Waals surface area contributed by atoms with Gasteiger partial charge in [-0.25, -0.2) is 0 Å². The molecule has 1 amide bonds. The molecule has 3 nitrogen and oxygen atoms in total. The van der Waals surface area contributed by atoms with Gasteiger partial charge in [-0.3, -0.25) is 4.79 Å². The van der Waals surface area contributed by atoms with Gasteiger partial charge in [0.2, 0.25) is 5.91 Å². The second-order valence-electron chi connectivity index (χ2n) is 5.63. The molecule has 0 saturated heterocycles. The van der Waals surface area contributed by atoms with E-state index in [0.29, 0.717) is 24.9 Å². The molecule has 2 aliphatic rings. The minimum Gasteiger partial charge on any atom is -0.352 e. The van der Waals surface area contributed by atoms with Crippen molar-refractivity contribution < 1.29 is 4.79 Å². The van der Waals surface area contributed by atoms with Crippen LogP contribution >= 0.6 is 0 Å². The van der Waals surface area contributed by atoms with Crippen LogP contribution in [0.5, 0.6) is 0 Å². The molecule has 3 unspecified atom stereocenters. The van der Waals surface area contributed by atoms with Gasteiger partial charge in [-0.05, 0) is 35.8 Å². The largest absolute Gasteiger partial charge is 0.352 e. The van der Waals surface area contributed by atoms with Gasteiger partial charge in [0.1, 0.15) is 0 Å². The molecule has 1 saturated carbocycles. The van der Waals surface area contributed by atoms with Gasteiger partial charge >= 0.3 is 0 Å². The molecule has 0 radical (unpaired) electrons. The average molecular weight is 256 g/mol. The Hall–Kier alpha value is -1.61. The number of hydrogen-bond acceptors (Lipinski definition) is 2. The molecule has 2 bridgehead atoms. The number of amides is 1. The monoisotopic (exact) mass is 256 g/mol. The number of carbonyl (C=O) groups excluding carboxylic acids is 1. The third-order valence-corrected chi connectivity index (χ3v) is 4.34. The molecule has 2 aliphatic carbocycles. The van der Waals surface area contributed by atoms with Gasteiger partial charge in [-0.15, -0.1) is 0 Å². The van der Waals surface area contributed by atoms with Crippen LogP contribution < -0.4 is 11.1 Å². The Labute approximate surface area is 113 Å². The summed E-state index contributed by atoms with van der Waals surface area (Å²) in [7, 11) is 0. The molecule has 3 atom stereocenters. The summed E-state index contributed by atoms with van der Waals surface area (Å²) >= 11 is 0. The lowest BCUT2D eigenvalue weighted by Crippen LogP contribution is -2.32. The van der Waals surface area contributed by atoms with Crippen molar-refractivity contribution in [1.29, 1.82) is 0 Å². The lowest BCUT2D eigenvalue weighted by atomic mass is 9.93. The van der Waals surface area contributed by atoms with Gasteiger partial charge in [0, 0.05) is 19.0 Å². The number of rotatable bonds is 4. The predicted molar refractivity (Wildman–Crippen MR) is 75.0 cm³/mol. The van der Waals surface area contributed by atoms with Gasteiger partial charge in [0.05, 0.1) is 0 Å². The summed E-state index contributed by atoms with van der Waals surface area (Å²) in [5, 5.41) is 3.06. The van der Waals surface area contributed by atoms with E-state index in [9.17, 15) is 4.79 Å². The summed E-state index contributed by atoms with van der Waals surface area (Å²) in [4.78, 5) is 12.2. The fraction of sp³-hybridized carbons (Fsp3) is 0.438. The van der Waals surface area contributed by atoms with Crippen molar-refractivity contribution in [1.82, 2.24) is 5.32 Å². The maximum absolute atomic E-state index is 12.2. The lowest BCUT2D eigenvalue weighted by molar-refractivity contribution is -0.125. The van der Waals surface area contributed by atoms with Crippen molar-refractivity contribution in [2.45, 2.75) is 25.9 Å². The maximum atomic E-state index is 12.2. The van der Waals surface area contributed by atoms with E-state index in [0.717, 1.165) is 17.5 Å². The summed E-state index contributed by atoms with van der Waals surface area (Å²) < 4.78 is 0. The third-order valence-electron chi connectivity index (χ3n) is 4.34. The first-order chi connectivity index (χ1) is 9.26.